The van der Waals surface area contributed by atoms with Crippen LogP contribution >= 0.6 is 0 Å². The van der Waals surface area contributed by atoms with E-state index in [0.717, 1.165) is 12.1 Å². The van der Waals surface area contributed by atoms with Crippen LogP contribution in [0.2, 0.25) is 0 Å². The summed E-state index contributed by atoms with van der Waals surface area (Å²) in [7, 11) is 0. The van der Waals surface area contributed by atoms with Gasteiger partial charge in [-0.15, -0.1) is 0 Å². The fourth-order valence-electron chi connectivity index (χ4n) is 1.76. The monoisotopic (exact) mass is 236 g/mol. The topological polar surface area (TPSA) is 62.2 Å². The fraction of sp³-hybridized carbons (Fsp3) is 0.538. The molecule has 0 aliphatic rings. The number of aryl methyl sites for hydroxylation is 1. The minimum Gasteiger partial charge on any atom is -0.478 e. The summed E-state index contributed by atoms with van der Waals surface area (Å²) in [5, 5.41) is 12.3. The number of pyridine rings is 1. The number of nitrogens with one attached hydrogen (secondary N) is 1. The van der Waals surface area contributed by atoms with Crippen molar-refractivity contribution in [2.45, 2.75) is 40.2 Å². The van der Waals surface area contributed by atoms with Gasteiger partial charge in [0.2, 0.25) is 0 Å². The van der Waals surface area contributed by atoms with Crippen molar-refractivity contribution in [3.8, 4) is 0 Å². The average Bonchev–Trinajstić information content (AvgIpc) is 2.25. The molecule has 0 spiro atoms. The second-order valence-electron chi connectivity index (χ2n) is 4.56. The van der Waals surface area contributed by atoms with E-state index in [1.54, 1.807) is 12.1 Å². The number of anilines is 1. The molecule has 0 saturated carbocycles. The first-order valence-corrected chi connectivity index (χ1v) is 5.93. The lowest BCUT2D eigenvalue weighted by Gasteiger charge is -2.22. The maximum absolute atomic E-state index is 11.1. The van der Waals surface area contributed by atoms with E-state index in [-0.39, 0.29) is 11.6 Å². The third kappa shape index (κ3) is 3.44. The van der Waals surface area contributed by atoms with E-state index in [1.807, 2.05) is 6.92 Å². The number of hydrogen-bond donors (Lipinski definition) is 2. The van der Waals surface area contributed by atoms with Gasteiger partial charge in [-0.05, 0) is 31.4 Å². The number of carboxylic acids is 1. The second kappa shape index (κ2) is 5.66. The van der Waals surface area contributed by atoms with Crippen LogP contribution in [-0.4, -0.2) is 22.1 Å². The Morgan fingerprint density at radius 3 is 2.59 bits per heavy atom. The Labute approximate surface area is 102 Å². The summed E-state index contributed by atoms with van der Waals surface area (Å²) in [6, 6.07) is 3.55. The van der Waals surface area contributed by atoms with Crippen molar-refractivity contribution >= 4 is 11.8 Å². The molecule has 94 valence electrons. The Hall–Kier alpha value is -1.58. The molecule has 0 aliphatic carbocycles. The molecule has 4 heteroatoms. The molecule has 0 aliphatic heterocycles. The Bertz CT molecular complexity index is 402. The molecule has 1 atom stereocenters. The zero-order valence-corrected chi connectivity index (χ0v) is 10.8. The SMILES string of the molecule is CCC(Nc1nc(C)ccc1C(=O)O)C(C)C. The molecule has 1 aromatic rings. The van der Waals surface area contributed by atoms with E-state index < -0.39 is 5.97 Å². The van der Waals surface area contributed by atoms with E-state index in [0.29, 0.717) is 11.7 Å². The number of rotatable bonds is 5. The van der Waals surface area contributed by atoms with Crippen molar-refractivity contribution in [3.05, 3.63) is 23.4 Å². The summed E-state index contributed by atoms with van der Waals surface area (Å²) in [6.45, 7) is 8.15. The molecule has 0 saturated heterocycles. The highest BCUT2D eigenvalue weighted by molar-refractivity contribution is 5.93. The van der Waals surface area contributed by atoms with Crippen molar-refractivity contribution in [1.29, 1.82) is 0 Å². The molecule has 0 radical (unpaired) electrons. The van der Waals surface area contributed by atoms with Gasteiger partial charge in [0, 0.05) is 11.7 Å². The largest absolute Gasteiger partial charge is 0.478 e. The zero-order chi connectivity index (χ0) is 13.0. The molecule has 0 amide bonds. The summed E-state index contributed by atoms with van der Waals surface area (Å²) in [4.78, 5) is 15.4. The van der Waals surface area contributed by atoms with Crippen LogP contribution in [0.5, 0.6) is 0 Å². The predicted octanol–water partition coefficient (Wildman–Crippen LogP) is 2.93. The summed E-state index contributed by atoms with van der Waals surface area (Å²) < 4.78 is 0. The smallest absolute Gasteiger partial charge is 0.339 e. The summed E-state index contributed by atoms with van der Waals surface area (Å²) in [5.41, 5.74) is 1.05. The van der Waals surface area contributed by atoms with Crippen LogP contribution in [0.4, 0.5) is 5.82 Å². The number of nitrogens with zero attached hydrogens (tertiary/aromatic N) is 1. The number of carboxylic acid groups (broad SMARTS) is 1. The molecule has 4 nitrogen and oxygen atoms in total. The zero-order valence-electron chi connectivity index (χ0n) is 10.8. The van der Waals surface area contributed by atoms with Crippen LogP contribution in [0.25, 0.3) is 0 Å². The fourth-order valence-corrected chi connectivity index (χ4v) is 1.76. The lowest BCUT2D eigenvalue weighted by molar-refractivity contribution is 0.0697. The van der Waals surface area contributed by atoms with Gasteiger partial charge in [0.1, 0.15) is 11.4 Å². The minimum absolute atomic E-state index is 0.231. The standard InChI is InChI=1S/C13H20N2O2/c1-5-11(8(2)3)15-12-10(13(16)17)7-6-9(4)14-12/h6-8,11H,5H2,1-4H3,(H,14,15)(H,16,17). The van der Waals surface area contributed by atoms with Gasteiger partial charge in [-0.2, -0.15) is 0 Å². The van der Waals surface area contributed by atoms with Gasteiger partial charge in [0.15, 0.2) is 0 Å². The first-order valence-electron chi connectivity index (χ1n) is 5.93. The third-order valence-electron chi connectivity index (χ3n) is 2.83. The first-order chi connectivity index (χ1) is 7.95. The Kier molecular flexibility index (Phi) is 4.49. The van der Waals surface area contributed by atoms with Crippen molar-refractivity contribution in [3.63, 3.8) is 0 Å². The van der Waals surface area contributed by atoms with Crippen molar-refractivity contribution < 1.29 is 9.90 Å². The maximum atomic E-state index is 11.1. The van der Waals surface area contributed by atoms with Gasteiger partial charge in [-0.3, -0.25) is 0 Å². The normalized spacial score (nSPS) is 12.5. The first kappa shape index (κ1) is 13.5. The van der Waals surface area contributed by atoms with Crippen LogP contribution in [0, 0.1) is 12.8 Å². The van der Waals surface area contributed by atoms with Crippen molar-refractivity contribution in [1.82, 2.24) is 4.98 Å². The Morgan fingerprint density at radius 2 is 2.12 bits per heavy atom. The molecule has 0 bridgehead atoms. The van der Waals surface area contributed by atoms with Crippen molar-refractivity contribution in [2.24, 2.45) is 5.92 Å². The van der Waals surface area contributed by atoms with Gasteiger partial charge in [0.25, 0.3) is 0 Å². The summed E-state index contributed by atoms with van der Waals surface area (Å²) >= 11 is 0. The molecule has 2 N–H and O–H groups in total. The third-order valence-corrected chi connectivity index (χ3v) is 2.83. The molecular formula is C13H20N2O2. The Morgan fingerprint density at radius 1 is 1.47 bits per heavy atom. The van der Waals surface area contributed by atoms with Gasteiger partial charge in [-0.1, -0.05) is 20.8 Å². The highest BCUT2D eigenvalue weighted by atomic mass is 16.4. The van der Waals surface area contributed by atoms with Gasteiger partial charge in [-0.25, -0.2) is 9.78 Å². The Balaban J connectivity index is 3.03. The van der Waals surface area contributed by atoms with Crippen LogP contribution in [0.3, 0.4) is 0 Å². The average molecular weight is 236 g/mol. The summed E-state index contributed by atoms with van der Waals surface area (Å²) in [6.07, 6.45) is 0.937. The molecule has 1 aromatic heterocycles. The highest BCUT2D eigenvalue weighted by Gasteiger charge is 2.16. The van der Waals surface area contributed by atoms with E-state index in [9.17, 15) is 4.79 Å². The van der Waals surface area contributed by atoms with Gasteiger partial charge < -0.3 is 10.4 Å². The quantitative estimate of drug-likeness (QED) is 0.825. The molecule has 1 rings (SSSR count). The second-order valence-corrected chi connectivity index (χ2v) is 4.56. The number of aromatic carboxylic acids is 1. The lowest BCUT2D eigenvalue weighted by Crippen LogP contribution is -2.26. The van der Waals surface area contributed by atoms with Crippen LogP contribution in [0.1, 0.15) is 43.2 Å². The van der Waals surface area contributed by atoms with Crippen LogP contribution in [0.15, 0.2) is 12.1 Å². The van der Waals surface area contributed by atoms with Crippen LogP contribution in [-0.2, 0) is 0 Å². The highest BCUT2D eigenvalue weighted by Crippen LogP contribution is 2.18. The van der Waals surface area contributed by atoms with E-state index in [2.05, 4.69) is 31.1 Å². The van der Waals surface area contributed by atoms with Gasteiger partial charge in [0.05, 0.1) is 0 Å². The van der Waals surface area contributed by atoms with Gasteiger partial charge >= 0.3 is 5.97 Å². The minimum atomic E-state index is -0.946. The molecule has 0 aromatic carbocycles. The molecular weight excluding hydrogens is 216 g/mol. The van der Waals surface area contributed by atoms with Crippen LogP contribution < -0.4 is 5.32 Å². The predicted molar refractivity (Wildman–Crippen MR) is 68.5 cm³/mol. The van der Waals surface area contributed by atoms with E-state index in [4.69, 9.17) is 5.11 Å². The van der Waals surface area contributed by atoms with E-state index in [1.165, 1.54) is 0 Å². The summed E-state index contributed by atoms with van der Waals surface area (Å²) in [5.74, 6) is -0.0411. The molecule has 1 unspecified atom stereocenters. The maximum Gasteiger partial charge on any atom is 0.339 e. The number of carbonyl (C=O) groups is 1. The molecule has 17 heavy (non-hydrogen) atoms. The lowest BCUT2D eigenvalue weighted by atomic mass is 10.0. The molecule has 0 fully saturated rings. The number of aromatic nitrogens is 1. The van der Waals surface area contributed by atoms with Crippen molar-refractivity contribution in [2.75, 3.05) is 5.32 Å². The molecule has 1 heterocycles. The van der Waals surface area contributed by atoms with E-state index >= 15 is 0 Å². The number of hydrogen-bond acceptors (Lipinski definition) is 3.